The van der Waals surface area contributed by atoms with Gasteiger partial charge in [0.1, 0.15) is 5.75 Å². The minimum atomic E-state index is -0.173. The van der Waals surface area contributed by atoms with Gasteiger partial charge in [0.15, 0.2) is 5.78 Å². The van der Waals surface area contributed by atoms with Gasteiger partial charge in [0, 0.05) is 86.0 Å². The number of likely N-dealkylation sites (N-methyl/N-ethyl adjacent to an activating group) is 1. The molecule has 1 amide bonds. The molecule has 5 aliphatic rings. The Morgan fingerprint density at radius 2 is 1.86 bits per heavy atom. The maximum absolute atomic E-state index is 13.8. The topological polar surface area (TPSA) is 77.1 Å². The molecule has 4 fully saturated rings. The van der Waals surface area contributed by atoms with Gasteiger partial charge >= 0.3 is 0 Å². The average Bonchev–Trinajstić information content (AvgIpc) is 3.59. The van der Waals surface area contributed by atoms with Crippen LogP contribution in [0, 0.1) is 23.2 Å². The van der Waals surface area contributed by atoms with Crippen LogP contribution in [0.2, 0.25) is 0 Å². The fourth-order valence-corrected chi connectivity index (χ4v) is 10.6. The lowest BCUT2D eigenvalue weighted by molar-refractivity contribution is -0.136. The van der Waals surface area contributed by atoms with E-state index in [2.05, 4.69) is 96.8 Å². The van der Waals surface area contributed by atoms with E-state index in [0.717, 1.165) is 59.1 Å². The molecule has 0 aromatic heterocycles. The van der Waals surface area contributed by atoms with Gasteiger partial charge in [-0.15, -0.1) is 11.8 Å². The Labute approximate surface area is 308 Å². The lowest BCUT2D eigenvalue weighted by Crippen LogP contribution is -2.62. The molecule has 6 atom stereocenters. The summed E-state index contributed by atoms with van der Waals surface area (Å²) in [6.07, 6.45) is 3.29. The fraction of sp³-hybridized carbons (Fsp3) is 0.524. The molecule has 0 spiro atoms. The molecule has 0 radical (unpaired) electrons. The number of thioether (sulfide) groups is 1. The standard InChI is InChI=1S/C42H55N5O3S/c1-26-35-19-31(42(35,2)3)20-36(26)44-41(49)38-24-51-25-47(38)22-28-12-10-13-34(40(28)50-7)29-15-30(18-33(17-29)45(4)5)39(48)21-43-32-16-27-11-8-9-14-37(27)46(6)23-32/h8-15,17-18,26,31-32,35-36,38,43H,16,19-25H2,1-7H3,(H,44,49)/t26-,31+,32-,35-,36-,38?/m0/s1. The molecule has 8 rings (SSSR count). The van der Waals surface area contributed by atoms with E-state index >= 15 is 0 Å². The maximum atomic E-state index is 13.8. The number of nitrogens with one attached hydrogen (secondary N) is 2. The number of fused-ring (bicyclic) bond motifs is 3. The Balaban J connectivity index is 1.06. The average molecular weight is 710 g/mol. The van der Waals surface area contributed by atoms with Crippen molar-refractivity contribution in [3.05, 3.63) is 77.4 Å². The quantitative estimate of drug-likeness (QED) is 0.224. The van der Waals surface area contributed by atoms with Crippen LogP contribution in [0.15, 0.2) is 60.7 Å². The Bertz CT molecular complexity index is 1780. The second-order valence-electron chi connectivity index (χ2n) is 16.2. The molecule has 9 heteroatoms. The number of rotatable bonds is 11. The first-order valence-electron chi connectivity index (χ1n) is 18.6. The van der Waals surface area contributed by atoms with Gasteiger partial charge in [-0.25, -0.2) is 0 Å². The van der Waals surface area contributed by atoms with Gasteiger partial charge in [-0.05, 0) is 77.8 Å². The van der Waals surface area contributed by atoms with Crippen molar-refractivity contribution in [2.45, 2.75) is 64.7 Å². The Kier molecular flexibility index (Phi) is 10.2. The van der Waals surface area contributed by atoms with E-state index in [9.17, 15) is 9.59 Å². The van der Waals surface area contributed by atoms with Crippen LogP contribution in [-0.4, -0.2) is 87.7 Å². The smallest absolute Gasteiger partial charge is 0.238 e. The van der Waals surface area contributed by atoms with Crippen LogP contribution in [0.3, 0.4) is 0 Å². The van der Waals surface area contributed by atoms with Crippen LogP contribution >= 0.6 is 11.8 Å². The van der Waals surface area contributed by atoms with E-state index in [-0.39, 0.29) is 36.4 Å². The van der Waals surface area contributed by atoms with Crippen LogP contribution in [-0.2, 0) is 17.8 Å². The number of carbonyl (C=O) groups is 2. The summed E-state index contributed by atoms with van der Waals surface area (Å²) in [4.78, 5) is 34.1. The second-order valence-corrected chi connectivity index (χ2v) is 17.2. The van der Waals surface area contributed by atoms with Crippen LogP contribution in [0.25, 0.3) is 11.1 Å². The highest BCUT2D eigenvalue weighted by Gasteiger charge is 2.56. The highest BCUT2D eigenvalue weighted by molar-refractivity contribution is 7.99. The van der Waals surface area contributed by atoms with Gasteiger partial charge in [0.25, 0.3) is 0 Å². The number of carbonyl (C=O) groups excluding carboxylic acids is 2. The number of amides is 1. The summed E-state index contributed by atoms with van der Waals surface area (Å²) in [5.41, 5.74) is 7.51. The maximum Gasteiger partial charge on any atom is 0.238 e. The summed E-state index contributed by atoms with van der Waals surface area (Å²) in [6.45, 7) is 8.88. The number of hydrogen-bond donors (Lipinski definition) is 2. The molecule has 3 saturated carbocycles. The van der Waals surface area contributed by atoms with Crippen molar-refractivity contribution < 1.29 is 14.3 Å². The summed E-state index contributed by atoms with van der Waals surface area (Å²) in [6, 6.07) is 21.1. The molecule has 1 saturated heterocycles. The lowest BCUT2D eigenvalue weighted by Gasteiger charge is -2.62. The number of anilines is 2. The first-order valence-corrected chi connectivity index (χ1v) is 19.8. The van der Waals surface area contributed by atoms with Gasteiger partial charge in [-0.3, -0.25) is 14.5 Å². The lowest BCUT2D eigenvalue weighted by atomic mass is 9.45. The number of ether oxygens (including phenoxy) is 1. The molecule has 272 valence electrons. The summed E-state index contributed by atoms with van der Waals surface area (Å²) < 4.78 is 6.13. The molecule has 3 aromatic rings. The molecule has 2 bridgehead atoms. The molecular formula is C42H55N5O3S. The van der Waals surface area contributed by atoms with Crippen molar-refractivity contribution in [3.63, 3.8) is 0 Å². The number of hydrogen-bond acceptors (Lipinski definition) is 8. The summed E-state index contributed by atoms with van der Waals surface area (Å²) in [5, 5.41) is 7.04. The first kappa shape index (κ1) is 35.9. The Morgan fingerprint density at radius 1 is 1.06 bits per heavy atom. The van der Waals surface area contributed by atoms with Crippen molar-refractivity contribution in [2.75, 3.05) is 62.8 Å². The normalized spacial score (nSPS) is 26.6. The van der Waals surface area contributed by atoms with Gasteiger partial charge < -0.3 is 25.2 Å². The number of ketones is 1. The highest BCUT2D eigenvalue weighted by atomic mass is 32.2. The number of Topliss-reactive ketones (excluding diaryl/α,β-unsaturated/α-hetero) is 1. The van der Waals surface area contributed by atoms with E-state index in [1.807, 2.05) is 42.9 Å². The van der Waals surface area contributed by atoms with Crippen LogP contribution in [0.4, 0.5) is 11.4 Å². The number of methoxy groups -OCH3 is 1. The molecule has 8 nitrogen and oxygen atoms in total. The summed E-state index contributed by atoms with van der Waals surface area (Å²) in [7, 11) is 7.83. The van der Waals surface area contributed by atoms with Crippen LogP contribution in [0.5, 0.6) is 5.75 Å². The highest BCUT2D eigenvalue weighted by Crippen LogP contribution is 2.61. The zero-order chi connectivity index (χ0) is 36.0. The SMILES string of the molecule is COc1c(CN2CSCC2C(=O)N[C@H]2C[C@H]3C[C@@H]([C@@H]2C)C3(C)C)cccc1-c1cc(C(=O)CN[C@H]2Cc3ccccc3N(C)C2)cc(N(C)C)c1. The zero-order valence-electron chi connectivity index (χ0n) is 31.4. The number of benzene rings is 3. The molecule has 2 heterocycles. The van der Waals surface area contributed by atoms with E-state index in [1.165, 1.54) is 17.7 Å². The summed E-state index contributed by atoms with van der Waals surface area (Å²) >= 11 is 1.82. The zero-order valence-corrected chi connectivity index (χ0v) is 32.2. The van der Waals surface area contributed by atoms with Gasteiger partial charge in [-0.1, -0.05) is 57.2 Å². The Morgan fingerprint density at radius 3 is 2.61 bits per heavy atom. The molecule has 3 aromatic carbocycles. The van der Waals surface area contributed by atoms with Crippen LogP contribution < -0.4 is 25.2 Å². The molecule has 1 unspecified atom stereocenters. The largest absolute Gasteiger partial charge is 0.496 e. The fourth-order valence-electron chi connectivity index (χ4n) is 9.37. The molecule has 51 heavy (non-hydrogen) atoms. The van der Waals surface area contributed by atoms with Crippen molar-refractivity contribution >= 4 is 34.8 Å². The van der Waals surface area contributed by atoms with Gasteiger partial charge in [0.2, 0.25) is 5.91 Å². The van der Waals surface area contributed by atoms with E-state index in [0.29, 0.717) is 35.3 Å². The van der Waals surface area contributed by atoms with E-state index in [1.54, 1.807) is 7.11 Å². The van der Waals surface area contributed by atoms with Gasteiger partial charge in [0.05, 0.1) is 19.7 Å². The van der Waals surface area contributed by atoms with E-state index < -0.39 is 0 Å². The third-order valence-electron chi connectivity index (χ3n) is 12.6. The van der Waals surface area contributed by atoms with E-state index in [4.69, 9.17) is 4.74 Å². The Hall–Kier alpha value is -3.53. The first-order chi connectivity index (χ1) is 24.4. The molecular weight excluding hydrogens is 655 g/mol. The minimum Gasteiger partial charge on any atom is -0.496 e. The second kappa shape index (κ2) is 14.5. The summed E-state index contributed by atoms with van der Waals surface area (Å²) in [5.74, 6) is 4.50. The molecule has 3 aliphatic carbocycles. The van der Waals surface area contributed by atoms with Crippen molar-refractivity contribution in [1.82, 2.24) is 15.5 Å². The predicted molar refractivity (Wildman–Crippen MR) is 210 cm³/mol. The molecule has 2 aliphatic heterocycles. The predicted octanol–water partition coefficient (Wildman–Crippen LogP) is 6.32. The van der Waals surface area contributed by atoms with Crippen LogP contribution in [0.1, 0.15) is 55.1 Å². The number of para-hydroxylation sites is 2. The van der Waals surface area contributed by atoms with Crippen molar-refractivity contribution in [1.29, 1.82) is 0 Å². The van der Waals surface area contributed by atoms with Gasteiger partial charge in [-0.2, -0.15) is 0 Å². The third-order valence-corrected chi connectivity index (χ3v) is 13.7. The van der Waals surface area contributed by atoms with Crippen molar-refractivity contribution in [3.8, 4) is 16.9 Å². The number of nitrogens with zero attached hydrogens (tertiary/aromatic N) is 3. The monoisotopic (exact) mass is 709 g/mol. The van der Waals surface area contributed by atoms with Crippen molar-refractivity contribution in [2.24, 2.45) is 23.2 Å². The third kappa shape index (κ3) is 7.01. The minimum absolute atomic E-state index is 0.0627. The molecule has 2 N–H and O–H groups in total.